The Morgan fingerprint density at radius 3 is 2.92 bits per heavy atom. The normalized spacial score (nSPS) is 28.7. The molecule has 4 rings (SSSR count). The van der Waals surface area contributed by atoms with Gasteiger partial charge in [0.2, 0.25) is 5.91 Å². The lowest BCUT2D eigenvalue weighted by molar-refractivity contribution is -0.133. The smallest absolute Gasteiger partial charge is 0.224 e. The number of carbonyl (C=O) groups is 1. The van der Waals surface area contributed by atoms with Crippen molar-refractivity contribution in [3.63, 3.8) is 0 Å². The van der Waals surface area contributed by atoms with Crippen molar-refractivity contribution < 1.29 is 4.79 Å². The second-order valence-electron chi connectivity index (χ2n) is 7.42. The number of carbonyl (C=O) groups excluding carboxylic acids is 1. The van der Waals surface area contributed by atoms with Crippen molar-refractivity contribution in [1.82, 2.24) is 15.5 Å². The third-order valence-corrected chi connectivity index (χ3v) is 7.66. The molecule has 0 aromatic carbocycles. The van der Waals surface area contributed by atoms with Gasteiger partial charge in [0.05, 0.1) is 0 Å². The van der Waals surface area contributed by atoms with Gasteiger partial charge in [0, 0.05) is 43.1 Å². The maximum atomic E-state index is 13.1. The van der Waals surface area contributed by atoms with E-state index in [2.05, 4.69) is 32.4 Å². The van der Waals surface area contributed by atoms with Gasteiger partial charge in [-0.2, -0.15) is 23.1 Å². The van der Waals surface area contributed by atoms with Gasteiger partial charge in [-0.05, 0) is 60.2 Å². The molecule has 2 aliphatic heterocycles. The van der Waals surface area contributed by atoms with Crippen LogP contribution in [-0.2, 0) is 11.3 Å². The minimum absolute atomic E-state index is 0.349. The molecule has 3 fully saturated rings. The van der Waals surface area contributed by atoms with E-state index in [1.54, 1.807) is 11.3 Å². The first-order valence-electron chi connectivity index (χ1n) is 9.09. The molecule has 4 nitrogen and oxygen atoms in total. The second-order valence-corrected chi connectivity index (χ2v) is 9.35. The average molecular weight is 366 g/mol. The fourth-order valence-electron chi connectivity index (χ4n) is 4.26. The van der Waals surface area contributed by atoms with E-state index in [1.165, 1.54) is 30.6 Å². The predicted molar refractivity (Wildman–Crippen MR) is 102 cm³/mol. The van der Waals surface area contributed by atoms with Crippen LogP contribution in [0.2, 0.25) is 0 Å². The van der Waals surface area contributed by atoms with Crippen LogP contribution in [0.5, 0.6) is 0 Å². The summed E-state index contributed by atoms with van der Waals surface area (Å²) < 4.78 is 0. The van der Waals surface area contributed by atoms with E-state index < -0.39 is 0 Å². The summed E-state index contributed by atoms with van der Waals surface area (Å²) in [7, 11) is 0. The van der Waals surface area contributed by atoms with Gasteiger partial charge in [-0.15, -0.1) is 0 Å². The van der Waals surface area contributed by atoms with E-state index in [0.29, 0.717) is 29.8 Å². The number of hydrogen-bond donors (Lipinski definition) is 2. The zero-order chi connectivity index (χ0) is 16.4. The SMILES string of the molecule is O=C(C[C@H]1CSCCN1)N(Cc1ccsc1)[C@H]1CC12CCNCC2. The van der Waals surface area contributed by atoms with Gasteiger partial charge < -0.3 is 15.5 Å². The van der Waals surface area contributed by atoms with Gasteiger partial charge in [0.25, 0.3) is 0 Å². The number of amides is 1. The fraction of sp³-hybridized carbons (Fsp3) is 0.722. The first kappa shape index (κ1) is 16.9. The van der Waals surface area contributed by atoms with Gasteiger partial charge in [0.1, 0.15) is 0 Å². The number of piperidine rings is 1. The molecule has 0 unspecified atom stereocenters. The summed E-state index contributed by atoms with van der Waals surface area (Å²) in [6.45, 7) is 4.05. The summed E-state index contributed by atoms with van der Waals surface area (Å²) >= 11 is 3.69. The number of nitrogens with one attached hydrogen (secondary N) is 2. The maximum absolute atomic E-state index is 13.1. The summed E-state index contributed by atoms with van der Waals surface area (Å²) in [6, 6.07) is 2.98. The molecule has 1 aromatic rings. The molecular formula is C18H27N3OS2. The van der Waals surface area contributed by atoms with Gasteiger partial charge in [-0.1, -0.05) is 0 Å². The molecule has 0 bridgehead atoms. The zero-order valence-corrected chi connectivity index (χ0v) is 15.8. The average Bonchev–Trinajstić information content (AvgIpc) is 3.05. The molecule has 0 radical (unpaired) electrons. The molecule has 24 heavy (non-hydrogen) atoms. The first-order valence-corrected chi connectivity index (χ1v) is 11.2. The third kappa shape index (κ3) is 3.66. The van der Waals surface area contributed by atoms with Crippen LogP contribution in [0.3, 0.4) is 0 Å². The topological polar surface area (TPSA) is 44.4 Å². The minimum atomic E-state index is 0.349. The Morgan fingerprint density at radius 2 is 2.21 bits per heavy atom. The van der Waals surface area contributed by atoms with Crippen molar-refractivity contribution in [1.29, 1.82) is 0 Å². The van der Waals surface area contributed by atoms with Crippen molar-refractivity contribution in [2.75, 3.05) is 31.1 Å². The van der Waals surface area contributed by atoms with E-state index in [9.17, 15) is 4.79 Å². The van der Waals surface area contributed by atoms with Gasteiger partial charge in [-0.25, -0.2) is 0 Å². The fourth-order valence-corrected chi connectivity index (χ4v) is 5.87. The van der Waals surface area contributed by atoms with Gasteiger partial charge in [-0.3, -0.25) is 4.79 Å². The highest BCUT2D eigenvalue weighted by Crippen LogP contribution is 2.56. The van der Waals surface area contributed by atoms with Crippen LogP contribution in [0.15, 0.2) is 16.8 Å². The molecule has 1 amide bonds. The van der Waals surface area contributed by atoms with Crippen molar-refractivity contribution in [3.8, 4) is 0 Å². The summed E-state index contributed by atoms with van der Waals surface area (Å²) in [5, 5.41) is 11.3. The number of rotatable bonds is 5. The lowest BCUT2D eigenvalue weighted by Crippen LogP contribution is -2.44. The predicted octanol–water partition coefficient (Wildman–Crippen LogP) is 2.31. The van der Waals surface area contributed by atoms with Crippen molar-refractivity contribution >= 4 is 29.0 Å². The van der Waals surface area contributed by atoms with Crippen molar-refractivity contribution in [2.45, 2.75) is 44.3 Å². The molecule has 2 saturated heterocycles. The number of hydrogen-bond acceptors (Lipinski definition) is 5. The Bertz CT molecular complexity index is 551. The molecule has 2 atom stereocenters. The number of thiophene rings is 1. The van der Waals surface area contributed by atoms with Gasteiger partial charge in [0.15, 0.2) is 0 Å². The van der Waals surface area contributed by atoms with E-state index in [4.69, 9.17) is 0 Å². The lowest BCUT2D eigenvalue weighted by Gasteiger charge is -2.31. The van der Waals surface area contributed by atoms with Crippen LogP contribution in [0, 0.1) is 5.41 Å². The zero-order valence-electron chi connectivity index (χ0n) is 14.1. The van der Waals surface area contributed by atoms with Crippen LogP contribution in [0.1, 0.15) is 31.2 Å². The monoisotopic (exact) mass is 365 g/mol. The second kappa shape index (κ2) is 7.36. The van der Waals surface area contributed by atoms with Crippen LogP contribution < -0.4 is 10.6 Å². The first-order chi connectivity index (χ1) is 11.8. The molecule has 2 N–H and O–H groups in total. The Balaban J connectivity index is 1.44. The summed E-state index contributed by atoms with van der Waals surface area (Å²) in [6.07, 6.45) is 4.31. The summed E-state index contributed by atoms with van der Waals surface area (Å²) in [5.41, 5.74) is 1.70. The minimum Gasteiger partial charge on any atom is -0.335 e. The molecule has 1 saturated carbocycles. The van der Waals surface area contributed by atoms with E-state index in [-0.39, 0.29) is 0 Å². The quantitative estimate of drug-likeness (QED) is 0.840. The number of nitrogens with zero attached hydrogens (tertiary/aromatic N) is 1. The van der Waals surface area contributed by atoms with Crippen molar-refractivity contribution in [3.05, 3.63) is 22.4 Å². The van der Waals surface area contributed by atoms with Gasteiger partial charge >= 0.3 is 0 Å². The molecule has 1 aromatic heterocycles. The Kier molecular flexibility index (Phi) is 5.18. The van der Waals surface area contributed by atoms with Crippen LogP contribution in [-0.4, -0.2) is 54.0 Å². The highest BCUT2D eigenvalue weighted by Gasteiger charge is 2.57. The van der Waals surface area contributed by atoms with Crippen LogP contribution in [0.4, 0.5) is 0 Å². The Hall–Kier alpha value is -0.560. The van der Waals surface area contributed by atoms with E-state index >= 15 is 0 Å². The standard InChI is InChI=1S/C18H27N3OS2/c22-17(9-15-13-24-8-6-20-15)21(11-14-1-7-23-12-14)16-10-18(16)2-4-19-5-3-18/h1,7,12,15-16,19-20H,2-6,8-11,13H2/t15-,16-/m0/s1. The molecule has 1 spiro atoms. The molecule has 6 heteroatoms. The van der Waals surface area contributed by atoms with Crippen molar-refractivity contribution in [2.24, 2.45) is 5.41 Å². The molecular weight excluding hydrogens is 338 g/mol. The number of thioether (sulfide) groups is 1. The highest BCUT2D eigenvalue weighted by molar-refractivity contribution is 7.99. The Morgan fingerprint density at radius 1 is 1.33 bits per heavy atom. The van der Waals surface area contributed by atoms with Crippen LogP contribution >= 0.6 is 23.1 Å². The largest absolute Gasteiger partial charge is 0.335 e. The highest BCUT2D eigenvalue weighted by atomic mass is 32.2. The third-order valence-electron chi connectivity index (χ3n) is 5.80. The van der Waals surface area contributed by atoms with Crippen LogP contribution in [0.25, 0.3) is 0 Å². The molecule has 3 aliphatic rings. The molecule has 1 aliphatic carbocycles. The lowest BCUT2D eigenvalue weighted by atomic mass is 9.93. The summed E-state index contributed by atoms with van der Waals surface area (Å²) in [4.78, 5) is 15.3. The summed E-state index contributed by atoms with van der Waals surface area (Å²) in [5.74, 6) is 2.58. The molecule has 3 heterocycles. The maximum Gasteiger partial charge on any atom is 0.224 e. The Labute approximate surface area is 152 Å². The van der Waals surface area contributed by atoms with E-state index in [0.717, 1.165) is 31.9 Å². The van der Waals surface area contributed by atoms with E-state index in [1.807, 2.05) is 11.8 Å². The molecule has 132 valence electrons.